The molecule has 2 saturated carbocycles. The zero-order valence-corrected chi connectivity index (χ0v) is 21.4. The lowest BCUT2D eigenvalue weighted by atomic mass is 9.77. The molecule has 3 fully saturated rings. The Labute approximate surface area is 214 Å². The van der Waals surface area contributed by atoms with Crippen LogP contribution in [-0.4, -0.2) is 54.8 Å². The van der Waals surface area contributed by atoms with E-state index >= 15 is 0 Å². The van der Waals surface area contributed by atoms with Crippen LogP contribution < -0.4 is 10.2 Å². The van der Waals surface area contributed by atoms with Gasteiger partial charge in [-0.2, -0.15) is 18.2 Å². The molecule has 2 aliphatic heterocycles. The van der Waals surface area contributed by atoms with Gasteiger partial charge in [-0.25, -0.2) is 4.98 Å². The molecule has 1 unspecified atom stereocenters. The second-order valence-corrected chi connectivity index (χ2v) is 13.5. The van der Waals surface area contributed by atoms with Crippen LogP contribution in [0.25, 0.3) is 0 Å². The largest absolute Gasteiger partial charge is 0.446 e. The summed E-state index contributed by atoms with van der Waals surface area (Å²) < 4.78 is 51.0. The quantitative estimate of drug-likeness (QED) is 0.502. The van der Waals surface area contributed by atoms with Gasteiger partial charge >= 0.3 is 5.51 Å². The molecule has 194 valence electrons. The van der Waals surface area contributed by atoms with E-state index in [-0.39, 0.29) is 33.9 Å². The molecule has 11 heteroatoms. The van der Waals surface area contributed by atoms with Crippen LogP contribution in [0.5, 0.6) is 0 Å². The van der Waals surface area contributed by atoms with Crippen molar-refractivity contribution in [1.82, 2.24) is 9.97 Å². The van der Waals surface area contributed by atoms with Crippen molar-refractivity contribution in [2.45, 2.75) is 82.9 Å². The zero-order valence-electron chi connectivity index (χ0n) is 19.8. The van der Waals surface area contributed by atoms with Gasteiger partial charge in [-0.3, -0.25) is 4.21 Å². The van der Waals surface area contributed by atoms with Gasteiger partial charge in [-0.1, -0.05) is 12.1 Å². The molecule has 0 radical (unpaired) electrons. The lowest BCUT2D eigenvalue weighted by molar-refractivity contribution is -0.0328. The smallest absolute Gasteiger partial charge is 0.394 e. The minimum Gasteiger partial charge on any atom is -0.394 e. The van der Waals surface area contributed by atoms with Crippen LogP contribution in [0, 0.1) is 0 Å². The van der Waals surface area contributed by atoms with Crippen molar-refractivity contribution in [1.29, 1.82) is 0 Å². The molecule has 1 aromatic carbocycles. The maximum atomic E-state index is 13.3. The van der Waals surface area contributed by atoms with Crippen LogP contribution in [0.1, 0.15) is 62.1 Å². The molecule has 6 rings (SSSR count). The summed E-state index contributed by atoms with van der Waals surface area (Å²) in [5, 5.41) is 13.5. The second-order valence-electron chi connectivity index (χ2n) is 10.6. The summed E-state index contributed by atoms with van der Waals surface area (Å²) in [5.74, 6) is 1.52. The predicted molar refractivity (Wildman–Crippen MR) is 134 cm³/mol. The first-order valence-corrected chi connectivity index (χ1v) is 14.5. The first-order chi connectivity index (χ1) is 17.2. The third kappa shape index (κ3) is 4.51. The fourth-order valence-corrected chi connectivity index (χ4v) is 7.96. The van der Waals surface area contributed by atoms with Crippen molar-refractivity contribution in [3.05, 3.63) is 35.5 Å². The number of alkyl halides is 3. The minimum absolute atomic E-state index is 0.0184. The molecule has 36 heavy (non-hydrogen) atoms. The van der Waals surface area contributed by atoms with Crippen molar-refractivity contribution >= 4 is 34.3 Å². The monoisotopic (exact) mass is 538 g/mol. The standard InChI is InChI=1S/C25H29F3N4O2S2/c26-25(27,28)35-18-4-2-16(3-5-18)17-6-12-32(13-7-17)22-29-19-14-24(10-11-24)36(34)20(19)21(30-22)31-23(15-33)8-1-9-23/h2-5,17,33H,1,6-15H2,(H,29,30,31). The Morgan fingerprint density at radius 1 is 1.11 bits per heavy atom. The van der Waals surface area contributed by atoms with E-state index in [1.807, 2.05) is 0 Å². The highest BCUT2D eigenvalue weighted by molar-refractivity contribution is 8.00. The number of halogens is 3. The third-order valence-electron chi connectivity index (χ3n) is 8.16. The first kappa shape index (κ1) is 24.5. The number of aliphatic hydroxyl groups excluding tert-OH is 1. The van der Waals surface area contributed by atoms with Crippen molar-refractivity contribution in [2.24, 2.45) is 0 Å². The molecular weight excluding hydrogens is 509 g/mol. The number of anilines is 2. The summed E-state index contributed by atoms with van der Waals surface area (Å²) in [7, 11) is -1.14. The SMILES string of the molecule is O=S1c2c(nc(N3CCC(c4ccc(SC(F)(F)F)cc4)CC3)nc2NC2(CO)CCC2)CC12CC2. The first-order valence-electron chi connectivity index (χ1n) is 12.5. The number of thioether (sulfide) groups is 1. The number of piperidine rings is 1. The summed E-state index contributed by atoms with van der Waals surface area (Å²) in [6.07, 6.45) is 7.08. The van der Waals surface area contributed by atoms with E-state index in [9.17, 15) is 22.5 Å². The fourth-order valence-electron chi connectivity index (χ4n) is 5.65. The van der Waals surface area contributed by atoms with Crippen LogP contribution in [0.15, 0.2) is 34.1 Å². The average Bonchev–Trinajstić information content (AvgIpc) is 3.55. The molecular formula is C25H29F3N4O2S2. The van der Waals surface area contributed by atoms with E-state index in [2.05, 4.69) is 10.2 Å². The van der Waals surface area contributed by atoms with Gasteiger partial charge in [0.05, 0.1) is 33.4 Å². The van der Waals surface area contributed by atoms with Crippen LogP contribution in [-0.2, 0) is 17.2 Å². The van der Waals surface area contributed by atoms with Crippen molar-refractivity contribution < 1.29 is 22.5 Å². The van der Waals surface area contributed by atoms with Gasteiger partial charge in [0.1, 0.15) is 10.7 Å². The number of rotatable bonds is 6. The molecule has 0 bridgehead atoms. The molecule has 1 saturated heterocycles. The number of nitrogens with zero attached hydrogens (tertiary/aromatic N) is 3. The topological polar surface area (TPSA) is 78.4 Å². The van der Waals surface area contributed by atoms with E-state index in [0.29, 0.717) is 18.2 Å². The van der Waals surface area contributed by atoms with Gasteiger partial charge in [0, 0.05) is 24.4 Å². The molecule has 1 aromatic heterocycles. The van der Waals surface area contributed by atoms with Crippen molar-refractivity contribution in [3.8, 4) is 0 Å². The van der Waals surface area contributed by atoms with Crippen molar-refractivity contribution in [2.75, 3.05) is 29.9 Å². The lowest BCUT2D eigenvalue weighted by Crippen LogP contribution is -2.49. The normalized spacial score (nSPS) is 24.4. The van der Waals surface area contributed by atoms with E-state index in [1.165, 1.54) is 0 Å². The maximum Gasteiger partial charge on any atom is 0.446 e. The molecule has 2 aliphatic carbocycles. The average molecular weight is 539 g/mol. The highest BCUT2D eigenvalue weighted by Crippen LogP contribution is 2.54. The Kier molecular flexibility index (Phi) is 6.03. The van der Waals surface area contributed by atoms with Gasteiger partial charge in [-0.05, 0) is 80.3 Å². The Morgan fingerprint density at radius 2 is 1.81 bits per heavy atom. The molecule has 1 spiro atoms. The van der Waals surface area contributed by atoms with E-state index in [1.54, 1.807) is 24.3 Å². The van der Waals surface area contributed by atoms with Gasteiger partial charge < -0.3 is 15.3 Å². The molecule has 2 aromatic rings. The summed E-state index contributed by atoms with van der Waals surface area (Å²) in [4.78, 5) is 12.8. The molecule has 6 nitrogen and oxygen atoms in total. The Hall–Kier alpha value is -1.85. The van der Waals surface area contributed by atoms with E-state index < -0.39 is 21.8 Å². The van der Waals surface area contributed by atoms with Gasteiger partial charge in [0.15, 0.2) is 0 Å². The predicted octanol–water partition coefficient (Wildman–Crippen LogP) is 5.00. The van der Waals surface area contributed by atoms with E-state index in [0.717, 1.165) is 74.2 Å². The van der Waals surface area contributed by atoms with Crippen molar-refractivity contribution in [3.63, 3.8) is 0 Å². The third-order valence-corrected chi connectivity index (χ3v) is 11.0. The Morgan fingerprint density at radius 3 is 2.36 bits per heavy atom. The van der Waals surface area contributed by atoms with Gasteiger partial charge in [0.2, 0.25) is 5.95 Å². The number of fused-ring (bicyclic) bond motifs is 1. The molecule has 4 aliphatic rings. The highest BCUT2D eigenvalue weighted by atomic mass is 32.2. The maximum absolute atomic E-state index is 13.3. The number of benzene rings is 1. The van der Waals surface area contributed by atoms with Crippen LogP contribution in [0.2, 0.25) is 0 Å². The van der Waals surface area contributed by atoms with Gasteiger partial charge in [-0.15, -0.1) is 0 Å². The van der Waals surface area contributed by atoms with Crippen LogP contribution >= 0.6 is 11.8 Å². The Bertz CT molecular complexity index is 1170. The molecule has 0 amide bonds. The summed E-state index contributed by atoms with van der Waals surface area (Å²) in [5.41, 5.74) is -2.76. The Balaban J connectivity index is 1.19. The number of aliphatic hydroxyl groups is 1. The van der Waals surface area contributed by atoms with Crippen LogP contribution in [0.3, 0.4) is 0 Å². The number of hydrogen-bond acceptors (Lipinski definition) is 7. The fraction of sp³-hybridized carbons (Fsp3) is 0.600. The lowest BCUT2D eigenvalue weighted by Gasteiger charge is -2.42. The van der Waals surface area contributed by atoms with Gasteiger partial charge in [0.25, 0.3) is 0 Å². The number of aromatic nitrogens is 2. The second kappa shape index (κ2) is 8.87. The molecule has 2 N–H and O–H groups in total. The number of hydrogen-bond donors (Lipinski definition) is 2. The summed E-state index contributed by atoms with van der Waals surface area (Å²) in [6.45, 7) is 1.49. The highest BCUT2D eigenvalue weighted by Gasteiger charge is 2.56. The number of nitrogens with one attached hydrogen (secondary N) is 1. The summed E-state index contributed by atoms with van der Waals surface area (Å²) in [6, 6.07) is 6.71. The van der Waals surface area contributed by atoms with Crippen LogP contribution in [0.4, 0.5) is 24.9 Å². The summed E-state index contributed by atoms with van der Waals surface area (Å²) >= 11 is -0.0878. The van der Waals surface area contributed by atoms with E-state index in [4.69, 9.17) is 9.97 Å². The molecule has 3 heterocycles. The minimum atomic E-state index is -4.28. The zero-order chi connectivity index (χ0) is 25.1. The molecule has 1 atom stereocenters.